The summed E-state index contributed by atoms with van der Waals surface area (Å²) in [6.45, 7) is 2.95. The third-order valence-corrected chi connectivity index (χ3v) is 5.22. The fourth-order valence-corrected chi connectivity index (χ4v) is 3.89. The molecule has 108 valence electrons. The van der Waals surface area contributed by atoms with E-state index >= 15 is 0 Å². The van der Waals surface area contributed by atoms with E-state index in [0.29, 0.717) is 25.3 Å². The SMILES string of the molecule is CC1(O)CCN(C(=O)CSc2ccc3c(c2)CCC3)C1. The normalized spacial score (nSPS) is 25.0. The van der Waals surface area contributed by atoms with Gasteiger partial charge in [-0.2, -0.15) is 0 Å². The number of β-amino-alcohol motifs (C(OH)–C–C–N with tert-alkyl or cyclic N) is 1. The van der Waals surface area contributed by atoms with E-state index < -0.39 is 5.60 Å². The molecular weight excluding hydrogens is 270 g/mol. The molecule has 0 saturated carbocycles. The zero-order valence-electron chi connectivity index (χ0n) is 11.9. The van der Waals surface area contributed by atoms with Crippen molar-refractivity contribution in [2.24, 2.45) is 0 Å². The summed E-state index contributed by atoms with van der Waals surface area (Å²) < 4.78 is 0. The minimum atomic E-state index is -0.700. The second-order valence-corrected chi connectivity index (χ2v) is 7.18. The maximum atomic E-state index is 12.1. The van der Waals surface area contributed by atoms with Crippen LogP contribution in [0.5, 0.6) is 0 Å². The van der Waals surface area contributed by atoms with Crippen molar-refractivity contribution in [1.29, 1.82) is 0 Å². The standard InChI is InChI=1S/C16H21NO2S/c1-16(19)7-8-17(11-16)15(18)10-20-14-6-5-12-3-2-4-13(12)9-14/h5-6,9,19H,2-4,7-8,10-11H2,1H3. The number of aliphatic hydroxyl groups is 1. The van der Waals surface area contributed by atoms with Crippen LogP contribution in [0, 0.1) is 0 Å². The number of nitrogens with zero attached hydrogens (tertiary/aromatic N) is 1. The van der Waals surface area contributed by atoms with Crippen LogP contribution in [0.3, 0.4) is 0 Å². The number of amides is 1. The van der Waals surface area contributed by atoms with Gasteiger partial charge in [0.2, 0.25) is 5.91 Å². The van der Waals surface area contributed by atoms with Gasteiger partial charge in [-0.05, 0) is 55.9 Å². The van der Waals surface area contributed by atoms with E-state index in [1.54, 1.807) is 23.6 Å². The van der Waals surface area contributed by atoms with E-state index in [1.807, 2.05) is 0 Å². The lowest BCUT2D eigenvalue weighted by Crippen LogP contribution is -2.34. The van der Waals surface area contributed by atoms with Crippen LogP contribution in [0.25, 0.3) is 0 Å². The van der Waals surface area contributed by atoms with Crippen LogP contribution in [0.1, 0.15) is 30.9 Å². The predicted molar refractivity (Wildman–Crippen MR) is 81.0 cm³/mol. The minimum absolute atomic E-state index is 0.133. The van der Waals surface area contributed by atoms with Gasteiger partial charge < -0.3 is 10.0 Å². The highest BCUT2D eigenvalue weighted by molar-refractivity contribution is 8.00. The van der Waals surface area contributed by atoms with Gasteiger partial charge in [-0.25, -0.2) is 0 Å². The summed E-state index contributed by atoms with van der Waals surface area (Å²) >= 11 is 1.61. The van der Waals surface area contributed by atoms with Gasteiger partial charge >= 0.3 is 0 Å². The molecule has 0 radical (unpaired) electrons. The average molecular weight is 291 g/mol. The molecule has 1 fully saturated rings. The molecule has 1 N–H and O–H groups in total. The van der Waals surface area contributed by atoms with Gasteiger partial charge in [0.25, 0.3) is 0 Å². The molecule has 0 aromatic heterocycles. The number of rotatable bonds is 3. The first-order chi connectivity index (χ1) is 9.53. The highest BCUT2D eigenvalue weighted by Crippen LogP contribution is 2.28. The second kappa shape index (κ2) is 5.41. The van der Waals surface area contributed by atoms with Crippen molar-refractivity contribution in [3.05, 3.63) is 29.3 Å². The van der Waals surface area contributed by atoms with Crippen LogP contribution in [-0.2, 0) is 17.6 Å². The molecule has 0 bridgehead atoms. The zero-order valence-corrected chi connectivity index (χ0v) is 12.7. The molecule has 1 aromatic rings. The van der Waals surface area contributed by atoms with Crippen molar-refractivity contribution in [2.75, 3.05) is 18.8 Å². The monoisotopic (exact) mass is 291 g/mol. The quantitative estimate of drug-likeness (QED) is 0.868. The summed E-state index contributed by atoms with van der Waals surface area (Å²) in [6, 6.07) is 6.57. The van der Waals surface area contributed by atoms with E-state index in [1.165, 1.54) is 35.3 Å². The van der Waals surface area contributed by atoms with Crippen molar-refractivity contribution in [2.45, 2.75) is 43.1 Å². The molecule has 3 rings (SSSR count). The van der Waals surface area contributed by atoms with E-state index in [9.17, 15) is 9.90 Å². The van der Waals surface area contributed by atoms with Crippen molar-refractivity contribution in [3.63, 3.8) is 0 Å². The Kier molecular flexibility index (Phi) is 3.78. The van der Waals surface area contributed by atoms with Gasteiger partial charge in [-0.3, -0.25) is 4.79 Å². The summed E-state index contributed by atoms with van der Waals surface area (Å²) in [5.74, 6) is 0.600. The Labute approximate surface area is 124 Å². The van der Waals surface area contributed by atoms with Gasteiger partial charge in [0, 0.05) is 18.0 Å². The third-order valence-electron chi connectivity index (χ3n) is 4.24. The first-order valence-electron chi connectivity index (χ1n) is 7.28. The first kappa shape index (κ1) is 14.0. The number of benzene rings is 1. The molecule has 1 atom stereocenters. The Morgan fingerprint density at radius 3 is 2.95 bits per heavy atom. The number of hydrogen-bond donors (Lipinski definition) is 1. The summed E-state index contributed by atoms with van der Waals surface area (Å²) in [4.78, 5) is 15.1. The Hall–Kier alpha value is -1.00. The third kappa shape index (κ3) is 3.01. The largest absolute Gasteiger partial charge is 0.388 e. The number of fused-ring (bicyclic) bond motifs is 1. The van der Waals surface area contributed by atoms with Crippen LogP contribution >= 0.6 is 11.8 Å². The molecule has 0 spiro atoms. The molecule has 4 heteroatoms. The second-order valence-electron chi connectivity index (χ2n) is 6.13. The van der Waals surface area contributed by atoms with Gasteiger partial charge in [-0.1, -0.05) is 6.07 Å². The molecule has 1 aliphatic carbocycles. The Morgan fingerprint density at radius 2 is 2.20 bits per heavy atom. The summed E-state index contributed by atoms with van der Waals surface area (Å²) in [7, 11) is 0. The van der Waals surface area contributed by atoms with E-state index in [4.69, 9.17) is 0 Å². The molecule has 2 aliphatic rings. The van der Waals surface area contributed by atoms with E-state index in [0.717, 1.165) is 0 Å². The van der Waals surface area contributed by atoms with Crippen LogP contribution in [0.2, 0.25) is 0 Å². The predicted octanol–water partition coefficient (Wildman–Crippen LogP) is 2.25. The lowest BCUT2D eigenvalue weighted by molar-refractivity contribution is -0.128. The Morgan fingerprint density at radius 1 is 1.40 bits per heavy atom. The van der Waals surface area contributed by atoms with Crippen molar-refractivity contribution in [3.8, 4) is 0 Å². The van der Waals surface area contributed by atoms with Crippen LogP contribution < -0.4 is 0 Å². The number of aryl methyl sites for hydroxylation is 2. The minimum Gasteiger partial charge on any atom is -0.388 e. The van der Waals surface area contributed by atoms with Gasteiger partial charge in [0.15, 0.2) is 0 Å². The highest BCUT2D eigenvalue weighted by Gasteiger charge is 2.33. The van der Waals surface area contributed by atoms with E-state index in [-0.39, 0.29) is 5.91 Å². The molecule has 1 aromatic carbocycles. The number of hydrogen-bond acceptors (Lipinski definition) is 3. The smallest absolute Gasteiger partial charge is 0.233 e. The average Bonchev–Trinajstić information content (AvgIpc) is 3.01. The summed E-state index contributed by atoms with van der Waals surface area (Å²) in [6.07, 6.45) is 4.31. The van der Waals surface area contributed by atoms with Gasteiger partial charge in [0.1, 0.15) is 0 Å². The van der Waals surface area contributed by atoms with Crippen LogP contribution in [0.15, 0.2) is 23.1 Å². The summed E-state index contributed by atoms with van der Waals surface area (Å²) in [5.41, 5.74) is 2.22. The lowest BCUT2D eigenvalue weighted by Gasteiger charge is -2.18. The van der Waals surface area contributed by atoms with Crippen molar-refractivity contribution < 1.29 is 9.90 Å². The van der Waals surface area contributed by atoms with Crippen molar-refractivity contribution in [1.82, 2.24) is 4.90 Å². The maximum Gasteiger partial charge on any atom is 0.233 e. The molecule has 1 amide bonds. The Bertz CT molecular complexity index is 527. The lowest BCUT2D eigenvalue weighted by atomic mass is 10.1. The molecule has 1 heterocycles. The zero-order chi connectivity index (χ0) is 14.2. The summed E-state index contributed by atoms with van der Waals surface area (Å²) in [5, 5.41) is 9.90. The fraction of sp³-hybridized carbons (Fsp3) is 0.562. The fourth-order valence-electron chi connectivity index (χ4n) is 3.03. The number of thioether (sulfide) groups is 1. The molecule has 1 saturated heterocycles. The molecule has 1 aliphatic heterocycles. The van der Waals surface area contributed by atoms with Gasteiger partial charge in [0.05, 0.1) is 11.4 Å². The van der Waals surface area contributed by atoms with Crippen molar-refractivity contribution >= 4 is 17.7 Å². The van der Waals surface area contributed by atoms with Crippen LogP contribution in [0.4, 0.5) is 0 Å². The topological polar surface area (TPSA) is 40.5 Å². The number of carbonyl (C=O) groups is 1. The molecular formula is C16H21NO2S. The van der Waals surface area contributed by atoms with E-state index in [2.05, 4.69) is 18.2 Å². The molecule has 3 nitrogen and oxygen atoms in total. The van der Waals surface area contributed by atoms with Crippen LogP contribution in [-0.4, -0.2) is 40.4 Å². The highest BCUT2D eigenvalue weighted by atomic mass is 32.2. The molecule has 20 heavy (non-hydrogen) atoms. The maximum absolute atomic E-state index is 12.1. The van der Waals surface area contributed by atoms with Gasteiger partial charge in [-0.15, -0.1) is 11.8 Å². The number of carbonyl (C=O) groups excluding carboxylic acids is 1. The number of likely N-dealkylation sites (tertiary alicyclic amines) is 1. The first-order valence-corrected chi connectivity index (χ1v) is 8.27. The Balaban J connectivity index is 1.56. The molecule has 1 unspecified atom stereocenters.